The molecule has 0 aliphatic carbocycles. The zero-order valence-corrected chi connectivity index (χ0v) is 22.3. The molecule has 12 heteroatoms. The lowest BCUT2D eigenvalue weighted by Crippen LogP contribution is -2.45. The van der Waals surface area contributed by atoms with Gasteiger partial charge in [-0.15, -0.1) is 0 Å². The zero-order chi connectivity index (χ0) is 28.3. The number of aromatic nitrogens is 2. The Morgan fingerprint density at radius 3 is 2.08 bits per heavy atom. The molecule has 1 unspecified atom stereocenters. The van der Waals surface area contributed by atoms with Crippen LogP contribution in [-0.2, 0) is 14.3 Å². The van der Waals surface area contributed by atoms with E-state index in [2.05, 4.69) is 20.5 Å². The summed E-state index contributed by atoms with van der Waals surface area (Å²) >= 11 is 0. The third-order valence-electron chi connectivity index (χ3n) is 6.36. The first-order valence-electron chi connectivity index (χ1n) is 12.9. The predicted molar refractivity (Wildman–Crippen MR) is 148 cm³/mol. The maximum absolute atomic E-state index is 12.6. The number of aliphatic hydroxyl groups excluding tert-OH is 3. The van der Waals surface area contributed by atoms with Crippen LogP contribution in [0.2, 0.25) is 0 Å². The highest BCUT2D eigenvalue weighted by molar-refractivity contribution is 6.02. The van der Waals surface area contributed by atoms with Crippen LogP contribution < -0.4 is 21.3 Å². The molecule has 4 rings (SSSR count). The number of carbonyl (C=O) groups is 2. The van der Waals surface area contributed by atoms with Crippen molar-refractivity contribution < 1.29 is 29.6 Å². The topological polar surface area (TPSA) is 175 Å². The third-order valence-corrected chi connectivity index (χ3v) is 6.36. The Kier molecular flexibility index (Phi) is 8.40. The van der Waals surface area contributed by atoms with Gasteiger partial charge in [-0.2, -0.15) is 0 Å². The largest absolute Gasteiger partial charge is 0.380 e. The Morgan fingerprint density at radius 2 is 1.49 bits per heavy atom. The van der Waals surface area contributed by atoms with Gasteiger partial charge in [0.2, 0.25) is 12.4 Å². The Bertz CT molecular complexity index is 1310. The third kappa shape index (κ3) is 6.84. The van der Waals surface area contributed by atoms with E-state index >= 15 is 0 Å². The standard InChI is InChI=1S/C27H36N6O6/c1-27(2,3)39-26(38)33-20-12-9-17(15-19(20)31-25(33)28)30-24(37)22(35)21(34)23(36)29-16-7-10-18(11-8-16)32-13-5-4-6-14-32/h7-12,15,21-22,26,34-35,38H,4-6,13-14H2,1-3H3,(H2,28,31)(H,29,36)(H,30,37)/t21-,22-,26?/m1/s1. The fourth-order valence-electron chi connectivity index (χ4n) is 4.42. The van der Waals surface area contributed by atoms with E-state index in [9.17, 15) is 24.9 Å². The molecule has 1 aliphatic rings. The van der Waals surface area contributed by atoms with Crippen molar-refractivity contribution in [3.8, 4) is 0 Å². The van der Waals surface area contributed by atoms with Crippen molar-refractivity contribution >= 4 is 45.9 Å². The van der Waals surface area contributed by atoms with Crippen molar-refractivity contribution in [2.45, 2.75) is 64.3 Å². The van der Waals surface area contributed by atoms with E-state index < -0.39 is 36.0 Å². The second kappa shape index (κ2) is 11.6. The summed E-state index contributed by atoms with van der Waals surface area (Å²) in [6.45, 7) is 7.32. The lowest BCUT2D eigenvalue weighted by atomic mass is 10.1. The van der Waals surface area contributed by atoms with Gasteiger partial charge in [0.1, 0.15) is 0 Å². The monoisotopic (exact) mass is 540 g/mol. The first kappa shape index (κ1) is 28.3. The second-order valence-corrected chi connectivity index (χ2v) is 10.6. The normalized spacial score (nSPS) is 16.5. The molecule has 1 fully saturated rings. The first-order chi connectivity index (χ1) is 18.4. The van der Waals surface area contributed by atoms with E-state index in [0.717, 1.165) is 31.6 Å². The number of piperidine rings is 1. The smallest absolute Gasteiger partial charge is 0.256 e. The SMILES string of the molecule is CC(C)(C)OC(O)n1c(N)nc2cc(NC(=O)[C@H](O)[C@@H](O)C(=O)Nc3ccc(N4CCCCC4)cc3)ccc21. The van der Waals surface area contributed by atoms with E-state index in [4.69, 9.17) is 10.5 Å². The molecule has 1 aromatic heterocycles. The number of anilines is 4. The number of nitrogens with zero attached hydrogens (tertiary/aromatic N) is 3. The van der Waals surface area contributed by atoms with Crippen molar-refractivity contribution in [2.24, 2.45) is 0 Å². The molecule has 12 nitrogen and oxygen atoms in total. The number of benzene rings is 2. The van der Waals surface area contributed by atoms with Gasteiger partial charge in [0.15, 0.2) is 12.2 Å². The molecule has 3 aromatic rings. The summed E-state index contributed by atoms with van der Waals surface area (Å²) in [5.41, 5.74) is 7.84. The zero-order valence-electron chi connectivity index (χ0n) is 22.3. The first-order valence-corrected chi connectivity index (χ1v) is 12.9. The van der Waals surface area contributed by atoms with Gasteiger partial charge >= 0.3 is 0 Å². The van der Waals surface area contributed by atoms with Crippen molar-refractivity contribution in [2.75, 3.05) is 34.4 Å². The highest BCUT2D eigenvalue weighted by atomic mass is 16.6. The molecule has 0 radical (unpaired) electrons. The van der Waals surface area contributed by atoms with Gasteiger partial charge in [-0.05, 0) is 82.5 Å². The highest BCUT2D eigenvalue weighted by Gasteiger charge is 2.31. The lowest BCUT2D eigenvalue weighted by molar-refractivity contribution is -0.206. The predicted octanol–water partition coefficient (Wildman–Crippen LogP) is 2.17. The fraction of sp³-hybridized carbons (Fsp3) is 0.444. The van der Waals surface area contributed by atoms with Crippen LogP contribution in [0.4, 0.5) is 23.0 Å². The van der Waals surface area contributed by atoms with E-state index in [1.807, 2.05) is 12.1 Å². The van der Waals surface area contributed by atoms with E-state index in [-0.39, 0.29) is 11.6 Å². The molecule has 7 N–H and O–H groups in total. The number of hydrogen-bond acceptors (Lipinski definition) is 9. The number of nitrogen functional groups attached to an aromatic ring is 1. The van der Waals surface area contributed by atoms with Gasteiger partial charge in [0, 0.05) is 30.2 Å². The van der Waals surface area contributed by atoms with Gasteiger partial charge in [-0.25, -0.2) is 4.98 Å². The van der Waals surface area contributed by atoms with E-state index in [0.29, 0.717) is 16.7 Å². The number of hydrogen-bond donors (Lipinski definition) is 6. The number of carbonyl (C=O) groups excluding carboxylic acids is 2. The minimum absolute atomic E-state index is 0.00122. The molecule has 2 aromatic carbocycles. The van der Waals surface area contributed by atoms with E-state index in [1.54, 1.807) is 39.0 Å². The molecule has 2 heterocycles. The molecule has 0 bridgehead atoms. The number of aliphatic hydroxyl groups is 3. The molecule has 3 atom stereocenters. The molecule has 0 saturated carbocycles. The molecule has 39 heavy (non-hydrogen) atoms. The molecular formula is C27H36N6O6. The van der Waals surface area contributed by atoms with Crippen LogP contribution in [0, 0.1) is 0 Å². The van der Waals surface area contributed by atoms with Gasteiger partial charge in [0.05, 0.1) is 16.6 Å². The number of amides is 2. The maximum atomic E-state index is 12.6. The Balaban J connectivity index is 1.37. The summed E-state index contributed by atoms with van der Waals surface area (Å²) in [4.78, 5) is 31.6. The van der Waals surface area contributed by atoms with Crippen molar-refractivity contribution in [1.29, 1.82) is 0 Å². The highest BCUT2D eigenvalue weighted by Crippen LogP contribution is 2.27. The summed E-state index contributed by atoms with van der Waals surface area (Å²) in [6.07, 6.45) is -1.90. The van der Waals surface area contributed by atoms with Crippen LogP contribution in [0.1, 0.15) is 46.4 Å². The molecule has 2 amide bonds. The number of rotatable bonds is 8. The summed E-state index contributed by atoms with van der Waals surface area (Å²) in [6, 6.07) is 11.7. The van der Waals surface area contributed by atoms with Gasteiger partial charge in [0.25, 0.3) is 11.8 Å². The lowest BCUT2D eigenvalue weighted by Gasteiger charge is -2.28. The fourth-order valence-corrected chi connectivity index (χ4v) is 4.42. The number of ether oxygens (including phenoxy) is 1. The molecule has 1 aliphatic heterocycles. The number of fused-ring (bicyclic) bond motifs is 1. The van der Waals surface area contributed by atoms with Crippen LogP contribution >= 0.6 is 0 Å². The van der Waals surface area contributed by atoms with Crippen LogP contribution in [0.5, 0.6) is 0 Å². The minimum Gasteiger partial charge on any atom is -0.380 e. The average Bonchev–Trinajstić information content (AvgIpc) is 3.22. The minimum atomic E-state index is -2.03. The average molecular weight is 541 g/mol. The Morgan fingerprint density at radius 1 is 0.923 bits per heavy atom. The molecule has 210 valence electrons. The van der Waals surface area contributed by atoms with Crippen LogP contribution in [0.25, 0.3) is 11.0 Å². The Labute approximate surface area is 226 Å². The van der Waals surface area contributed by atoms with Crippen molar-refractivity contribution in [3.05, 3.63) is 42.5 Å². The van der Waals surface area contributed by atoms with Crippen LogP contribution in [-0.4, -0.2) is 67.6 Å². The van der Waals surface area contributed by atoms with Gasteiger partial charge in [-0.1, -0.05) is 0 Å². The summed E-state index contributed by atoms with van der Waals surface area (Å²) < 4.78 is 6.85. The van der Waals surface area contributed by atoms with Gasteiger partial charge < -0.3 is 41.3 Å². The summed E-state index contributed by atoms with van der Waals surface area (Å²) in [7, 11) is 0. The molecule has 0 spiro atoms. The summed E-state index contributed by atoms with van der Waals surface area (Å²) in [5, 5.41) is 36.1. The maximum Gasteiger partial charge on any atom is 0.256 e. The molecule has 1 saturated heterocycles. The number of imidazole rings is 1. The summed E-state index contributed by atoms with van der Waals surface area (Å²) in [5.74, 6) is -1.90. The molecular weight excluding hydrogens is 504 g/mol. The number of nitrogens with one attached hydrogen (secondary N) is 2. The van der Waals surface area contributed by atoms with Crippen LogP contribution in [0.3, 0.4) is 0 Å². The van der Waals surface area contributed by atoms with Crippen LogP contribution in [0.15, 0.2) is 42.5 Å². The van der Waals surface area contributed by atoms with E-state index in [1.165, 1.54) is 23.1 Å². The van der Waals surface area contributed by atoms with Crippen molar-refractivity contribution in [1.82, 2.24) is 9.55 Å². The quantitative estimate of drug-likeness (QED) is 0.234. The number of nitrogens with two attached hydrogens (primary N) is 1. The van der Waals surface area contributed by atoms with Gasteiger partial charge in [-0.3, -0.25) is 14.2 Å². The Hall–Kier alpha value is -3.71. The van der Waals surface area contributed by atoms with Crippen molar-refractivity contribution in [3.63, 3.8) is 0 Å². The second-order valence-electron chi connectivity index (χ2n) is 10.6.